The Hall–Kier alpha value is -4.79. The van der Waals surface area contributed by atoms with Crippen LogP contribution in [0.2, 0.25) is 0 Å². The van der Waals surface area contributed by atoms with Gasteiger partial charge in [0.2, 0.25) is 11.9 Å². The molecule has 168 valence electrons. The van der Waals surface area contributed by atoms with E-state index in [1.807, 2.05) is 36.4 Å². The fraction of sp³-hybridized carbons (Fsp3) is 0.0400. The molecule has 2 aromatic carbocycles. The van der Waals surface area contributed by atoms with E-state index in [0.29, 0.717) is 23.0 Å². The number of ether oxygens (including phenoxy) is 1. The first-order chi connectivity index (χ1) is 16.6. The molecular formula is C25H19FN6O2. The molecule has 0 bridgehead atoms. The number of pyridine rings is 2. The number of hydrogen-bond acceptors (Lipinski definition) is 6. The van der Waals surface area contributed by atoms with E-state index < -0.39 is 5.95 Å². The van der Waals surface area contributed by atoms with Crippen LogP contribution in [-0.2, 0) is 0 Å². The first-order valence-corrected chi connectivity index (χ1v) is 10.4. The molecule has 0 saturated heterocycles. The number of aromatic nitrogens is 4. The highest BCUT2D eigenvalue weighted by Gasteiger charge is 2.09. The molecule has 0 spiro atoms. The zero-order chi connectivity index (χ0) is 23.5. The standard InChI is InChI=1S/C25H19FN6O2/c1-27-24(33)22-14-19(8-10-28-22)34-18-5-6-20-21(13-18)32-25(31-20)30-17-4-2-3-15(11-17)16-7-9-29-23(26)12-16/h2-14H,1H3,(H,27,33)(H2,30,31,32). The Morgan fingerprint density at radius 2 is 1.76 bits per heavy atom. The Morgan fingerprint density at radius 1 is 0.941 bits per heavy atom. The summed E-state index contributed by atoms with van der Waals surface area (Å²) in [5, 5.41) is 5.78. The molecule has 1 amide bonds. The van der Waals surface area contributed by atoms with Crippen LogP contribution in [0.25, 0.3) is 22.2 Å². The second kappa shape index (κ2) is 8.99. The second-order valence-electron chi connectivity index (χ2n) is 7.40. The van der Waals surface area contributed by atoms with Crippen LogP contribution in [0, 0.1) is 5.95 Å². The van der Waals surface area contributed by atoms with E-state index in [0.717, 1.165) is 22.3 Å². The summed E-state index contributed by atoms with van der Waals surface area (Å²) >= 11 is 0. The second-order valence-corrected chi connectivity index (χ2v) is 7.40. The summed E-state index contributed by atoms with van der Waals surface area (Å²) < 4.78 is 19.4. The van der Waals surface area contributed by atoms with E-state index in [4.69, 9.17) is 4.74 Å². The lowest BCUT2D eigenvalue weighted by Crippen LogP contribution is -2.18. The van der Waals surface area contributed by atoms with Crippen LogP contribution in [0.5, 0.6) is 11.5 Å². The van der Waals surface area contributed by atoms with E-state index >= 15 is 0 Å². The zero-order valence-corrected chi connectivity index (χ0v) is 18.0. The number of fused-ring (bicyclic) bond motifs is 1. The lowest BCUT2D eigenvalue weighted by molar-refractivity contribution is 0.0958. The van der Waals surface area contributed by atoms with Gasteiger partial charge >= 0.3 is 0 Å². The van der Waals surface area contributed by atoms with E-state index in [-0.39, 0.29) is 11.6 Å². The Bertz CT molecular complexity index is 1500. The third-order valence-electron chi connectivity index (χ3n) is 5.07. The molecule has 0 fully saturated rings. The van der Waals surface area contributed by atoms with Gasteiger partial charge in [-0.2, -0.15) is 4.39 Å². The molecule has 0 aliphatic rings. The van der Waals surface area contributed by atoms with Crippen molar-refractivity contribution >= 4 is 28.6 Å². The van der Waals surface area contributed by atoms with Crippen molar-refractivity contribution in [2.75, 3.05) is 12.4 Å². The van der Waals surface area contributed by atoms with Crippen molar-refractivity contribution in [2.45, 2.75) is 0 Å². The van der Waals surface area contributed by atoms with Crippen molar-refractivity contribution in [3.63, 3.8) is 0 Å². The number of benzene rings is 2. The average molecular weight is 454 g/mol. The highest BCUT2D eigenvalue weighted by Crippen LogP contribution is 2.28. The lowest BCUT2D eigenvalue weighted by Gasteiger charge is -2.06. The number of rotatable bonds is 6. The Labute approximate surface area is 193 Å². The van der Waals surface area contributed by atoms with Gasteiger partial charge in [-0.15, -0.1) is 0 Å². The molecule has 0 aliphatic carbocycles. The van der Waals surface area contributed by atoms with Crippen molar-refractivity contribution in [3.8, 4) is 22.6 Å². The van der Waals surface area contributed by atoms with Crippen molar-refractivity contribution in [1.29, 1.82) is 0 Å². The van der Waals surface area contributed by atoms with Gasteiger partial charge in [0.05, 0.1) is 11.0 Å². The molecule has 0 atom stereocenters. The highest BCUT2D eigenvalue weighted by atomic mass is 19.1. The van der Waals surface area contributed by atoms with Gasteiger partial charge in [-0.3, -0.25) is 9.78 Å². The maximum Gasteiger partial charge on any atom is 0.269 e. The smallest absolute Gasteiger partial charge is 0.269 e. The van der Waals surface area contributed by atoms with Gasteiger partial charge in [0, 0.05) is 43.3 Å². The third kappa shape index (κ3) is 4.53. The molecule has 3 N–H and O–H groups in total. The summed E-state index contributed by atoms with van der Waals surface area (Å²) in [5.74, 6) is 0.799. The minimum atomic E-state index is -0.525. The first-order valence-electron chi connectivity index (χ1n) is 10.4. The number of amides is 1. The van der Waals surface area contributed by atoms with Crippen molar-refractivity contribution in [3.05, 3.63) is 90.8 Å². The molecule has 3 aromatic heterocycles. The Morgan fingerprint density at radius 3 is 2.62 bits per heavy atom. The molecule has 34 heavy (non-hydrogen) atoms. The van der Waals surface area contributed by atoms with Crippen molar-refractivity contribution in [2.24, 2.45) is 0 Å². The normalized spacial score (nSPS) is 10.8. The molecule has 0 radical (unpaired) electrons. The summed E-state index contributed by atoms with van der Waals surface area (Å²) in [6, 6.07) is 19.4. The summed E-state index contributed by atoms with van der Waals surface area (Å²) in [5.41, 5.74) is 4.17. The average Bonchev–Trinajstić information content (AvgIpc) is 3.25. The molecule has 0 unspecified atom stereocenters. The minimum absolute atomic E-state index is 0.268. The fourth-order valence-corrected chi connectivity index (χ4v) is 3.47. The summed E-state index contributed by atoms with van der Waals surface area (Å²) in [6.45, 7) is 0. The summed E-state index contributed by atoms with van der Waals surface area (Å²) in [6.07, 6.45) is 2.96. The molecule has 5 rings (SSSR count). The number of halogens is 1. The summed E-state index contributed by atoms with van der Waals surface area (Å²) in [4.78, 5) is 27.2. The van der Waals surface area contributed by atoms with Gasteiger partial charge in [0.1, 0.15) is 17.2 Å². The molecular weight excluding hydrogens is 435 g/mol. The molecule has 5 aromatic rings. The van der Waals surface area contributed by atoms with Crippen LogP contribution in [0.15, 0.2) is 79.1 Å². The number of anilines is 2. The predicted molar refractivity (Wildman–Crippen MR) is 127 cm³/mol. The fourth-order valence-electron chi connectivity index (χ4n) is 3.47. The van der Waals surface area contributed by atoms with Gasteiger partial charge in [-0.1, -0.05) is 12.1 Å². The Kier molecular flexibility index (Phi) is 5.57. The van der Waals surface area contributed by atoms with E-state index in [1.165, 1.54) is 18.5 Å². The van der Waals surface area contributed by atoms with E-state index in [9.17, 15) is 9.18 Å². The maximum atomic E-state index is 13.5. The molecule has 9 heteroatoms. The van der Waals surface area contributed by atoms with Gasteiger partial charge in [-0.05, 0) is 47.5 Å². The largest absolute Gasteiger partial charge is 0.457 e. The number of H-pyrrole nitrogens is 1. The zero-order valence-electron chi connectivity index (χ0n) is 18.0. The molecule has 0 aliphatic heterocycles. The minimum Gasteiger partial charge on any atom is -0.457 e. The topological polar surface area (TPSA) is 105 Å². The van der Waals surface area contributed by atoms with E-state index in [1.54, 1.807) is 31.3 Å². The SMILES string of the molecule is CNC(=O)c1cc(Oc2ccc3[nH]c(Nc4cccc(-c5ccnc(F)c5)c4)nc3c2)ccn1. The number of nitrogens with one attached hydrogen (secondary N) is 3. The number of imidazole rings is 1. The van der Waals surface area contributed by atoms with Gasteiger partial charge in [0.25, 0.3) is 5.91 Å². The molecule has 0 saturated carbocycles. The third-order valence-corrected chi connectivity index (χ3v) is 5.07. The molecule has 3 heterocycles. The lowest BCUT2D eigenvalue weighted by atomic mass is 10.1. The Balaban J connectivity index is 1.36. The van der Waals surface area contributed by atoms with Crippen LogP contribution in [0.3, 0.4) is 0 Å². The number of aromatic amines is 1. The maximum absolute atomic E-state index is 13.5. The number of hydrogen-bond donors (Lipinski definition) is 3. The van der Waals surface area contributed by atoms with Gasteiger partial charge in [0.15, 0.2) is 0 Å². The monoisotopic (exact) mass is 454 g/mol. The van der Waals surface area contributed by atoms with Crippen molar-refractivity contribution < 1.29 is 13.9 Å². The number of nitrogens with zero attached hydrogens (tertiary/aromatic N) is 3. The number of carbonyl (C=O) groups is 1. The summed E-state index contributed by atoms with van der Waals surface area (Å²) in [7, 11) is 1.55. The van der Waals surface area contributed by atoms with Crippen LogP contribution < -0.4 is 15.4 Å². The first kappa shape index (κ1) is 21.1. The predicted octanol–water partition coefficient (Wildman–Crippen LogP) is 5.05. The molecule has 8 nitrogen and oxygen atoms in total. The number of carbonyl (C=O) groups excluding carboxylic acids is 1. The van der Waals surface area contributed by atoms with Gasteiger partial charge in [-0.25, -0.2) is 9.97 Å². The van der Waals surface area contributed by atoms with Crippen molar-refractivity contribution in [1.82, 2.24) is 25.3 Å². The van der Waals surface area contributed by atoms with Crippen LogP contribution in [0.1, 0.15) is 10.5 Å². The van der Waals surface area contributed by atoms with Crippen LogP contribution in [-0.4, -0.2) is 32.9 Å². The van der Waals surface area contributed by atoms with Crippen LogP contribution >= 0.6 is 0 Å². The van der Waals surface area contributed by atoms with Gasteiger partial charge < -0.3 is 20.4 Å². The van der Waals surface area contributed by atoms with Crippen LogP contribution in [0.4, 0.5) is 16.0 Å². The van der Waals surface area contributed by atoms with E-state index in [2.05, 4.69) is 30.6 Å². The quantitative estimate of drug-likeness (QED) is 0.310. The highest BCUT2D eigenvalue weighted by molar-refractivity contribution is 5.92.